The van der Waals surface area contributed by atoms with Gasteiger partial charge in [0.05, 0.1) is 10.6 Å². The van der Waals surface area contributed by atoms with Crippen LogP contribution in [-0.4, -0.2) is 32.1 Å². The molecule has 0 aromatic heterocycles. The van der Waals surface area contributed by atoms with E-state index < -0.39 is 0 Å². The summed E-state index contributed by atoms with van der Waals surface area (Å²) in [7, 11) is 3.87. The van der Waals surface area contributed by atoms with Gasteiger partial charge in [-0.05, 0) is 35.7 Å². The van der Waals surface area contributed by atoms with Crippen LogP contribution in [-0.2, 0) is 0 Å². The highest BCUT2D eigenvalue weighted by molar-refractivity contribution is 14.1. The molecule has 0 aliphatic carbocycles. The van der Waals surface area contributed by atoms with Crippen molar-refractivity contribution >= 4 is 34.0 Å². The fourth-order valence-electron chi connectivity index (χ4n) is 1.32. The third-order valence-electron chi connectivity index (χ3n) is 2.25. The van der Waals surface area contributed by atoms with E-state index in [1.807, 2.05) is 14.1 Å². The van der Waals surface area contributed by atoms with Crippen LogP contribution in [0.5, 0.6) is 0 Å². The molecule has 6 heteroatoms. The summed E-state index contributed by atoms with van der Waals surface area (Å²) in [6, 6.07) is 4.91. The van der Waals surface area contributed by atoms with Crippen molar-refractivity contribution < 1.29 is 4.92 Å². The molecule has 0 spiro atoms. The van der Waals surface area contributed by atoms with Crippen molar-refractivity contribution in [2.75, 3.05) is 32.1 Å². The van der Waals surface area contributed by atoms with E-state index in [0.29, 0.717) is 0 Å². The summed E-state index contributed by atoms with van der Waals surface area (Å²) in [5.41, 5.74) is 1.15. The number of nitro benzene ring substituents is 1. The lowest BCUT2D eigenvalue weighted by Gasteiger charge is -2.20. The van der Waals surface area contributed by atoms with E-state index in [0.717, 1.165) is 22.3 Å². The van der Waals surface area contributed by atoms with E-state index in [1.54, 1.807) is 12.1 Å². The van der Waals surface area contributed by atoms with Crippen LogP contribution in [0.15, 0.2) is 18.2 Å². The minimum absolute atomic E-state index is 0.134. The quantitative estimate of drug-likeness (QED) is 0.507. The topological polar surface area (TPSA) is 58.4 Å². The number of non-ortho nitro benzene ring substituents is 1. The van der Waals surface area contributed by atoms with Crippen molar-refractivity contribution in [3.05, 3.63) is 31.9 Å². The van der Waals surface area contributed by atoms with Crippen LogP contribution in [0.3, 0.4) is 0 Å². The Morgan fingerprint density at radius 1 is 1.56 bits per heavy atom. The summed E-state index contributed by atoms with van der Waals surface area (Å²) in [5.74, 6) is 0. The molecule has 0 saturated heterocycles. The van der Waals surface area contributed by atoms with Gasteiger partial charge in [0, 0.05) is 35.8 Å². The van der Waals surface area contributed by atoms with Crippen LogP contribution in [0, 0.1) is 13.7 Å². The zero-order valence-electron chi connectivity index (χ0n) is 9.24. The van der Waals surface area contributed by atoms with Crippen molar-refractivity contribution in [2.24, 2.45) is 0 Å². The summed E-state index contributed by atoms with van der Waals surface area (Å²) in [4.78, 5) is 12.3. The average molecular weight is 335 g/mol. The van der Waals surface area contributed by atoms with Gasteiger partial charge in [0.15, 0.2) is 0 Å². The second-order valence-corrected chi connectivity index (χ2v) is 4.58. The highest BCUT2D eigenvalue weighted by Crippen LogP contribution is 2.25. The van der Waals surface area contributed by atoms with Crippen molar-refractivity contribution in [1.82, 2.24) is 5.32 Å². The van der Waals surface area contributed by atoms with E-state index in [2.05, 4.69) is 32.8 Å². The standard InChI is InChI=1S/C10H14IN3O2/c1-12-5-6-13(2)10-4-3-8(14(15)16)7-9(10)11/h3-4,7,12H,5-6H2,1-2H3. The molecule has 0 saturated carbocycles. The predicted octanol–water partition coefficient (Wildman–Crippen LogP) is 1.85. The molecule has 0 radical (unpaired) electrons. The highest BCUT2D eigenvalue weighted by atomic mass is 127. The van der Waals surface area contributed by atoms with Gasteiger partial charge in [-0.2, -0.15) is 0 Å². The van der Waals surface area contributed by atoms with Crippen LogP contribution in [0.1, 0.15) is 0 Å². The van der Waals surface area contributed by atoms with E-state index in [4.69, 9.17) is 0 Å². The van der Waals surface area contributed by atoms with Crippen LogP contribution < -0.4 is 10.2 Å². The summed E-state index contributed by atoms with van der Waals surface area (Å²) in [5, 5.41) is 13.7. The normalized spacial score (nSPS) is 10.2. The van der Waals surface area contributed by atoms with E-state index in [9.17, 15) is 10.1 Å². The van der Waals surface area contributed by atoms with E-state index in [-0.39, 0.29) is 10.6 Å². The predicted molar refractivity (Wildman–Crippen MR) is 73.0 cm³/mol. The number of nitrogens with one attached hydrogen (secondary N) is 1. The Bertz CT molecular complexity index is 384. The second-order valence-electron chi connectivity index (χ2n) is 3.42. The third-order valence-corrected chi connectivity index (χ3v) is 3.11. The fourth-order valence-corrected chi connectivity index (χ4v) is 2.23. The Hall–Kier alpha value is -0.890. The van der Waals surface area contributed by atoms with Crippen molar-refractivity contribution in [2.45, 2.75) is 0 Å². The zero-order valence-corrected chi connectivity index (χ0v) is 11.4. The number of nitro groups is 1. The maximum absolute atomic E-state index is 10.6. The molecule has 5 nitrogen and oxygen atoms in total. The first kappa shape index (κ1) is 13.2. The summed E-state index contributed by atoms with van der Waals surface area (Å²) in [6.45, 7) is 1.74. The largest absolute Gasteiger partial charge is 0.372 e. The lowest BCUT2D eigenvalue weighted by atomic mass is 10.2. The molecule has 0 aliphatic rings. The lowest BCUT2D eigenvalue weighted by molar-refractivity contribution is -0.384. The molecular formula is C10H14IN3O2. The first-order valence-electron chi connectivity index (χ1n) is 4.86. The SMILES string of the molecule is CNCCN(C)c1ccc([N+](=O)[O-])cc1I. The van der Waals surface area contributed by atoms with E-state index >= 15 is 0 Å². The summed E-state index contributed by atoms with van der Waals surface area (Å²) in [6.07, 6.45) is 0. The number of rotatable bonds is 5. The Balaban J connectivity index is 2.85. The minimum Gasteiger partial charge on any atom is -0.372 e. The zero-order chi connectivity index (χ0) is 12.1. The number of benzene rings is 1. The molecule has 1 N–H and O–H groups in total. The molecule has 0 bridgehead atoms. The lowest BCUT2D eigenvalue weighted by Crippen LogP contribution is -2.27. The van der Waals surface area contributed by atoms with Gasteiger partial charge in [-0.15, -0.1) is 0 Å². The number of nitrogens with zero attached hydrogens (tertiary/aromatic N) is 2. The number of hydrogen-bond donors (Lipinski definition) is 1. The molecule has 0 atom stereocenters. The smallest absolute Gasteiger partial charge is 0.270 e. The Labute approximate surface area is 108 Å². The van der Waals surface area contributed by atoms with Gasteiger partial charge >= 0.3 is 0 Å². The fraction of sp³-hybridized carbons (Fsp3) is 0.400. The monoisotopic (exact) mass is 335 g/mol. The first-order chi connectivity index (χ1) is 7.56. The average Bonchev–Trinajstić information content (AvgIpc) is 2.25. The molecule has 0 fully saturated rings. The second kappa shape index (κ2) is 6.00. The van der Waals surface area contributed by atoms with E-state index in [1.165, 1.54) is 6.07 Å². The molecule has 0 unspecified atom stereocenters. The van der Waals surface area contributed by atoms with Crippen molar-refractivity contribution in [3.63, 3.8) is 0 Å². The number of anilines is 1. The Kier molecular flexibility index (Phi) is 4.94. The number of likely N-dealkylation sites (N-methyl/N-ethyl adjacent to an activating group) is 2. The molecule has 16 heavy (non-hydrogen) atoms. The summed E-state index contributed by atoms with van der Waals surface area (Å²) >= 11 is 2.12. The van der Waals surface area contributed by atoms with Gasteiger partial charge in [-0.3, -0.25) is 10.1 Å². The molecular weight excluding hydrogens is 321 g/mol. The molecule has 0 heterocycles. The van der Waals surface area contributed by atoms with Crippen LogP contribution >= 0.6 is 22.6 Å². The van der Waals surface area contributed by atoms with Gasteiger partial charge in [-0.1, -0.05) is 0 Å². The van der Waals surface area contributed by atoms with Crippen LogP contribution in [0.2, 0.25) is 0 Å². The van der Waals surface area contributed by atoms with Gasteiger partial charge in [0.25, 0.3) is 5.69 Å². The molecule has 88 valence electrons. The van der Waals surface area contributed by atoms with Gasteiger partial charge in [-0.25, -0.2) is 0 Å². The van der Waals surface area contributed by atoms with Crippen molar-refractivity contribution in [1.29, 1.82) is 0 Å². The molecule has 1 aromatic carbocycles. The number of hydrogen-bond acceptors (Lipinski definition) is 4. The Morgan fingerprint density at radius 2 is 2.25 bits per heavy atom. The third kappa shape index (κ3) is 3.31. The molecule has 0 aliphatic heterocycles. The van der Waals surface area contributed by atoms with Crippen LogP contribution in [0.4, 0.5) is 11.4 Å². The molecule has 1 rings (SSSR count). The maximum Gasteiger partial charge on any atom is 0.270 e. The highest BCUT2D eigenvalue weighted by Gasteiger charge is 2.11. The van der Waals surface area contributed by atoms with Crippen molar-refractivity contribution in [3.8, 4) is 0 Å². The Morgan fingerprint density at radius 3 is 2.75 bits per heavy atom. The molecule has 1 aromatic rings. The summed E-state index contributed by atoms with van der Waals surface area (Å²) < 4.78 is 0.894. The van der Waals surface area contributed by atoms with Gasteiger partial charge in [0.1, 0.15) is 0 Å². The van der Waals surface area contributed by atoms with Gasteiger partial charge in [0.2, 0.25) is 0 Å². The number of halogens is 1. The maximum atomic E-state index is 10.6. The van der Waals surface area contributed by atoms with Gasteiger partial charge < -0.3 is 10.2 Å². The molecule has 0 amide bonds. The minimum atomic E-state index is -0.375. The van der Waals surface area contributed by atoms with Crippen LogP contribution in [0.25, 0.3) is 0 Å². The first-order valence-corrected chi connectivity index (χ1v) is 5.94.